The SMILES string of the molecule is CC(=O)c1ccc(C2(NC(=O)c3c(C(F)(F)F)nn(C)c3Oc3ccc(C(F)(F)F)cc3)CC2)cc1.CC(=O)c1ccc([C@H](C)NC(=O)c2c(C(F)(F)F)nn(C)c2Oc2ccc(Cl)cc2)cc1.CC(=O)c1ccc([C@H](C)NC(=O)c2c(C(F)F)nn(C)c2Oc2ccc(Cl)cc2)cc1. The van der Waals surface area contributed by atoms with Crippen molar-refractivity contribution < 1.29 is 91.3 Å². The second-order valence-corrected chi connectivity index (χ2v) is 23.3. The highest BCUT2D eigenvalue weighted by molar-refractivity contribution is 6.30. The highest BCUT2D eigenvalue weighted by atomic mass is 35.5. The van der Waals surface area contributed by atoms with Crippen molar-refractivity contribution in [3.63, 3.8) is 0 Å². The summed E-state index contributed by atoms with van der Waals surface area (Å²) < 4.78 is 167. The van der Waals surface area contributed by atoms with Crippen LogP contribution in [-0.2, 0) is 45.2 Å². The summed E-state index contributed by atoms with van der Waals surface area (Å²) in [5, 5.41) is 19.4. The molecule has 99 heavy (non-hydrogen) atoms. The van der Waals surface area contributed by atoms with Crippen molar-refractivity contribution >= 4 is 58.3 Å². The van der Waals surface area contributed by atoms with Gasteiger partial charge in [-0.2, -0.15) is 54.8 Å². The summed E-state index contributed by atoms with van der Waals surface area (Å²) >= 11 is 11.7. The number of hydrogen-bond donors (Lipinski definition) is 3. The third-order valence-corrected chi connectivity index (χ3v) is 15.7. The van der Waals surface area contributed by atoms with Crippen LogP contribution >= 0.6 is 23.2 Å². The summed E-state index contributed by atoms with van der Waals surface area (Å²) in [6, 6.07) is 33.8. The van der Waals surface area contributed by atoms with Crippen LogP contribution in [0.1, 0.15) is 167 Å². The fourth-order valence-corrected chi connectivity index (χ4v) is 10.0. The van der Waals surface area contributed by atoms with Gasteiger partial charge in [-0.05, 0) is 137 Å². The van der Waals surface area contributed by atoms with Gasteiger partial charge >= 0.3 is 18.5 Å². The molecule has 6 aromatic carbocycles. The number of nitrogens with one attached hydrogen (secondary N) is 3. The number of ether oxygens (including phenoxy) is 3. The molecule has 0 aliphatic heterocycles. The fraction of sp³-hybridized carbons (Fsp3) is 0.250. The molecule has 1 aliphatic rings. The Balaban J connectivity index is 0.000000190. The van der Waals surface area contributed by atoms with Crippen LogP contribution in [0.5, 0.6) is 34.9 Å². The summed E-state index contributed by atoms with van der Waals surface area (Å²) in [5.74, 6) is -4.00. The summed E-state index contributed by atoms with van der Waals surface area (Å²) in [7, 11) is 3.79. The number of rotatable bonds is 19. The van der Waals surface area contributed by atoms with Crippen molar-refractivity contribution in [1.82, 2.24) is 45.3 Å². The van der Waals surface area contributed by atoms with Crippen molar-refractivity contribution in [1.29, 1.82) is 0 Å². The number of aryl methyl sites for hydroxylation is 3. The number of benzene rings is 6. The van der Waals surface area contributed by atoms with E-state index in [9.17, 15) is 77.1 Å². The minimum absolute atomic E-state index is 0.0795. The van der Waals surface area contributed by atoms with Crippen LogP contribution in [0.15, 0.2) is 146 Å². The molecule has 520 valence electrons. The molecule has 0 bridgehead atoms. The molecule has 18 nitrogen and oxygen atoms in total. The Labute approximate surface area is 566 Å². The van der Waals surface area contributed by atoms with Gasteiger partial charge < -0.3 is 30.2 Å². The first-order valence-corrected chi connectivity index (χ1v) is 30.2. The minimum Gasteiger partial charge on any atom is -0.438 e. The lowest BCUT2D eigenvalue weighted by molar-refractivity contribution is -0.142. The van der Waals surface area contributed by atoms with Gasteiger partial charge in [0, 0.05) is 47.9 Å². The molecule has 3 aromatic heterocycles. The van der Waals surface area contributed by atoms with Crippen molar-refractivity contribution in [2.75, 3.05) is 0 Å². The molecule has 1 fully saturated rings. The van der Waals surface area contributed by atoms with E-state index >= 15 is 0 Å². The topological polar surface area (TPSA) is 220 Å². The van der Waals surface area contributed by atoms with E-state index in [0.717, 1.165) is 28.5 Å². The number of hydrogen-bond acceptors (Lipinski definition) is 12. The first-order chi connectivity index (χ1) is 46.3. The standard InChI is InChI=1S/C24H19F6N3O3.C22H19ClF3N3O3.C22H20ClF2N3O3/c1-13(34)14-3-5-15(6-4-14)22(11-12-22)31-20(35)18-19(24(28,29)30)32-33(2)21(18)36-17-9-7-16(8-10-17)23(25,26)27;1-12(14-4-6-15(7-5-14)13(2)30)27-20(31)18-19(22(24,25)26)28-29(3)21(18)32-17-10-8-16(23)9-11-17;1-12(14-4-6-15(7-5-14)13(2)29)26-21(30)18-19(20(24)25)27-28(3)22(18)31-17-10-8-16(23)9-11-17/h3-10H,11-12H2,1-2H3,(H,31,35);4-12H,1-3H3,(H,27,31);4-12,20H,1-3H3,(H,26,30)/t;2*12-/m.00/s1. The molecule has 10 rings (SSSR count). The van der Waals surface area contributed by atoms with Gasteiger partial charge in [0.2, 0.25) is 17.6 Å². The number of alkyl halides is 11. The lowest BCUT2D eigenvalue weighted by Crippen LogP contribution is -2.36. The van der Waals surface area contributed by atoms with Crippen LogP contribution in [0.2, 0.25) is 10.0 Å². The second-order valence-electron chi connectivity index (χ2n) is 22.4. The van der Waals surface area contributed by atoms with E-state index in [1.807, 2.05) is 0 Å². The molecule has 3 N–H and O–H groups in total. The van der Waals surface area contributed by atoms with Gasteiger partial charge in [-0.3, -0.25) is 28.8 Å². The lowest BCUT2D eigenvalue weighted by Gasteiger charge is -2.19. The fourth-order valence-electron chi connectivity index (χ4n) is 9.75. The number of carbonyl (C=O) groups is 6. The number of nitrogens with zero attached hydrogens (tertiary/aromatic N) is 6. The summed E-state index contributed by atoms with van der Waals surface area (Å²) in [5.41, 5.74) is -4.01. The third-order valence-electron chi connectivity index (χ3n) is 15.2. The number of amides is 3. The molecule has 3 amide bonds. The number of carbonyl (C=O) groups excluding carboxylic acids is 6. The molecule has 0 radical (unpaired) electrons. The zero-order chi connectivity index (χ0) is 72.8. The molecule has 1 aliphatic carbocycles. The summed E-state index contributed by atoms with van der Waals surface area (Å²) in [4.78, 5) is 73.4. The maximum atomic E-state index is 13.7. The highest BCUT2D eigenvalue weighted by Crippen LogP contribution is 2.47. The Hall–Kier alpha value is -10.4. The van der Waals surface area contributed by atoms with Gasteiger partial charge in [0.1, 0.15) is 39.6 Å². The number of ketones is 3. The molecule has 9 aromatic rings. The predicted molar refractivity (Wildman–Crippen MR) is 339 cm³/mol. The normalized spacial score (nSPS) is 13.2. The van der Waals surface area contributed by atoms with E-state index in [0.29, 0.717) is 78.8 Å². The lowest BCUT2D eigenvalue weighted by atomic mass is 10.0. The number of aromatic nitrogens is 6. The van der Waals surface area contributed by atoms with E-state index in [2.05, 4.69) is 31.2 Å². The molecule has 3 heterocycles. The van der Waals surface area contributed by atoms with E-state index in [1.54, 1.807) is 111 Å². The van der Waals surface area contributed by atoms with E-state index in [4.69, 9.17) is 37.4 Å². The van der Waals surface area contributed by atoms with Gasteiger partial charge in [-0.15, -0.1) is 0 Å². The van der Waals surface area contributed by atoms with E-state index < -0.39 is 100.0 Å². The van der Waals surface area contributed by atoms with Crippen LogP contribution in [-0.4, -0.2) is 64.4 Å². The molecule has 0 unspecified atom stereocenters. The van der Waals surface area contributed by atoms with Gasteiger partial charge in [0.15, 0.2) is 28.7 Å². The van der Waals surface area contributed by atoms with Crippen LogP contribution in [0.3, 0.4) is 0 Å². The Morgan fingerprint density at radius 1 is 0.455 bits per heavy atom. The van der Waals surface area contributed by atoms with Crippen LogP contribution < -0.4 is 30.2 Å². The first kappa shape index (κ1) is 74.4. The smallest absolute Gasteiger partial charge is 0.436 e. The number of halogens is 13. The zero-order valence-electron chi connectivity index (χ0n) is 53.3. The van der Waals surface area contributed by atoms with Gasteiger partial charge in [-0.25, -0.2) is 22.8 Å². The Kier molecular flexibility index (Phi) is 22.6. The average molecular weight is 1430 g/mol. The van der Waals surface area contributed by atoms with E-state index in [-0.39, 0.29) is 46.2 Å². The molecular weight excluding hydrogens is 1370 g/mol. The third kappa shape index (κ3) is 18.2. The average Bonchev–Trinajstić information content (AvgIpc) is 1.59. The van der Waals surface area contributed by atoms with Crippen molar-refractivity contribution in [2.45, 2.75) is 90.0 Å². The maximum absolute atomic E-state index is 13.7. The summed E-state index contributed by atoms with van der Waals surface area (Å²) in [6.07, 6.45) is -16.6. The van der Waals surface area contributed by atoms with Gasteiger partial charge in [-0.1, -0.05) is 96.0 Å². The predicted octanol–water partition coefficient (Wildman–Crippen LogP) is 16.9. The van der Waals surface area contributed by atoms with Crippen molar-refractivity contribution in [2.24, 2.45) is 21.1 Å². The molecule has 1 saturated carbocycles. The van der Waals surface area contributed by atoms with Crippen LogP contribution in [0.25, 0.3) is 0 Å². The maximum Gasteiger partial charge on any atom is 0.436 e. The molecular formula is C68H58Cl2F11N9O9. The number of Topliss-reactive ketones (excluding diaryl/α,β-unsaturated/α-hetero) is 3. The Morgan fingerprint density at radius 2 is 0.778 bits per heavy atom. The molecule has 0 saturated heterocycles. The van der Waals surface area contributed by atoms with Gasteiger partial charge in [0.05, 0.1) is 23.2 Å². The van der Waals surface area contributed by atoms with E-state index in [1.165, 1.54) is 59.1 Å². The van der Waals surface area contributed by atoms with Crippen LogP contribution in [0.4, 0.5) is 48.3 Å². The second kappa shape index (κ2) is 30.1. The monoisotopic (exact) mass is 1420 g/mol. The molecule has 2 atom stereocenters. The summed E-state index contributed by atoms with van der Waals surface area (Å²) in [6.45, 7) is 7.59. The molecule has 0 spiro atoms. The highest BCUT2D eigenvalue weighted by Gasteiger charge is 2.49. The minimum atomic E-state index is -5.01. The first-order valence-electron chi connectivity index (χ1n) is 29.5. The Morgan fingerprint density at radius 3 is 1.11 bits per heavy atom. The van der Waals surface area contributed by atoms with Crippen molar-refractivity contribution in [3.8, 4) is 34.9 Å². The van der Waals surface area contributed by atoms with Crippen LogP contribution in [0, 0.1) is 0 Å². The molecule has 31 heteroatoms. The largest absolute Gasteiger partial charge is 0.438 e. The Bertz CT molecular complexity index is 4440. The quantitative estimate of drug-likeness (QED) is 0.0508. The van der Waals surface area contributed by atoms with Crippen molar-refractivity contribution in [3.05, 3.63) is 228 Å². The van der Waals surface area contributed by atoms with Gasteiger partial charge in [0.25, 0.3) is 24.1 Å². The zero-order valence-corrected chi connectivity index (χ0v) is 54.8.